The van der Waals surface area contributed by atoms with Crippen molar-refractivity contribution in [2.75, 3.05) is 26.7 Å². The number of ether oxygens (including phenoxy) is 1. The van der Waals surface area contributed by atoms with E-state index < -0.39 is 11.9 Å². The van der Waals surface area contributed by atoms with E-state index in [9.17, 15) is 24.3 Å². The fourth-order valence-corrected chi connectivity index (χ4v) is 5.04. The molecular weight excluding hydrogens is 476 g/mol. The van der Waals surface area contributed by atoms with E-state index in [1.165, 1.54) is 18.0 Å². The van der Waals surface area contributed by atoms with Gasteiger partial charge in [-0.2, -0.15) is 0 Å². The number of hydrogen-bond acceptors (Lipinski definition) is 5. The molecule has 1 fully saturated rings. The number of nitrogens with zero attached hydrogens (tertiary/aromatic N) is 3. The molecule has 2 aliphatic heterocycles. The van der Waals surface area contributed by atoms with Gasteiger partial charge >= 0.3 is 12.0 Å². The number of carbonyl (C=O) groups is 4. The number of aromatic carboxylic acids is 1. The van der Waals surface area contributed by atoms with Gasteiger partial charge in [0.1, 0.15) is 12.4 Å². The number of carboxylic acid groups (broad SMARTS) is 1. The Morgan fingerprint density at radius 2 is 1.95 bits per heavy atom. The highest BCUT2D eigenvalue weighted by molar-refractivity contribution is 6.04. The van der Waals surface area contributed by atoms with Crippen molar-refractivity contribution < 1.29 is 29.0 Å². The van der Waals surface area contributed by atoms with Gasteiger partial charge in [-0.25, -0.2) is 9.59 Å². The van der Waals surface area contributed by atoms with Gasteiger partial charge in [-0.3, -0.25) is 14.5 Å². The zero-order chi connectivity index (χ0) is 26.3. The van der Waals surface area contributed by atoms with Crippen molar-refractivity contribution in [3.63, 3.8) is 0 Å². The number of amides is 4. The molecular formula is C27H26N4O6. The minimum atomic E-state index is -0.992. The molecule has 2 N–H and O–H groups in total. The second-order valence-electron chi connectivity index (χ2n) is 9.08. The number of benzene rings is 2. The Labute approximate surface area is 212 Å². The molecule has 1 atom stereocenters. The van der Waals surface area contributed by atoms with Crippen LogP contribution in [0.15, 0.2) is 55.1 Å². The van der Waals surface area contributed by atoms with Crippen LogP contribution < -0.4 is 10.1 Å². The second-order valence-corrected chi connectivity index (χ2v) is 9.08. The quantitative estimate of drug-likeness (QED) is 0.361. The largest absolute Gasteiger partial charge is 0.492 e. The van der Waals surface area contributed by atoms with Crippen molar-refractivity contribution in [2.24, 2.45) is 0 Å². The standard InChI is InChI=1S/C27H26N4O6/c1-3-23(32)28-10-11-37-18-8-9-21-19(12-18)24-20-14-30(27(36)29(2)25(20)33)15-22(24)31(21)13-16-4-6-17(7-5-16)26(34)35/h3-9,12,20H,1,10-11,13-15H2,2H3,(H,28,32)(H,34,35). The van der Waals surface area contributed by atoms with Gasteiger partial charge in [0.15, 0.2) is 0 Å². The molecule has 1 saturated heterocycles. The first-order chi connectivity index (χ1) is 17.8. The van der Waals surface area contributed by atoms with Gasteiger partial charge in [0.2, 0.25) is 11.8 Å². The third-order valence-electron chi connectivity index (χ3n) is 6.86. The minimum absolute atomic E-state index is 0.203. The molecule has 37 heavy (non-hydrogen) atoms. The first-order valence-corrected chi connectivity index (χ1v) is 11.8. The average molecular weight is 503 g/mol. The Morgan fingerprint density at radius 1 is 1.19 bits per heavy atom. The van der Waals surface area contributed by atoms with E-state index in [1.807, 2.05) is 18.2 Å². The van der Waals surface area contributed by atoms with Crippen molar-refractivity contribution >= 4 is 34.7 Å². The number of carbonyl (C=O) groups excluding carboxylic acids is 3. The molecule has 10 nitrogen and oxygen atoms in total. The molecule has 0 spiro atoms. The summed E-state index contributed by atoms with van der Waals surface area (Å²) < 4.78 is 7.94. The molecule has 2 bridgehead atoms. The lowest BCUT2D eigenvalue weighted by Crippen LogP contribution is -2.56. The zero-order valence-electron chi connectivity index (χ0n) is 20.3. The normalized spacial score (nSPS) is 16.5. The molecule has 1 unspecified atom stereocenters. The minimum Gasteiger partial charge on any atom is -0.492 e. The van der Waals surface area contributed by atoms with Gasteiger partial charge in [0.05, 0.1) is 24.6 Å². The Bertz CT molecular complexity index is 1440. The van der Waals surface area contributed by atoms with Crippen LogP contribution >= 0.6 is 0 Å². The molecule has 2 aromatic carbocycles. The van der Waals surface area contributed by atoms with E-state index >= 15 is 0 Å². The van der Waals surface area contributed by atoms with Crippen LogP contribution in [0.2, 0.25) is 0 Å². The molecule has 4 amide bonds. The Morgan fingerprint density at radius 3 is 2.65 bits per heavy atom. The van der Waals surface area contributed by atoms with E-state index in [-0.39, 0.29) is 30.0 Å². The molecule has 3 aromatic rings. The number of aromatic nitrogens is 1. The average Bonchev–Trinajstić information content (AvgIpc) is 3.21. The molecule has 0 aliphatic carbocycles. The number of hydrogen-bond donors (Lipinski definition) is 2. The third kappa shape index (κ3) is 4.31. The maximum atomic E-state index is 13.1. The van der Waals surface area contributed by atoms with Gasteiger partial charge < -0.3 is 24.6 Å². The van der Waals surface area contributed by atoms with Gasteiger partial charge in [-0.1, -0.05) is 18.7 Å². The third-order valence-corrected chi connectivity index (χ3v) is 6.86. The fourth-order valence-electron chi connectivity index (χ4n) is 5.04. The molecule has 190 valence electrons. The van der Waals surface area contributed by atoms with Crippen LogP contribution in [0, 0.1) is 0 Å². The number of likely N-dealkylation sites (N-methyl/N-ethyl adjacent to an activating group) is 1. The van der Waals surface area contributed by atoms with Crippen molar-refractivity contribution in [1.29, 1.82) is 0 Å². The van der Waals surface area contributed by atoms with Crippen molar-refractivity contribution in [3.8, 4) is 5.75 Å². The lowest BCUT2D eigenvalue weighted by atomic mass is 9.89. The van der Waals surface area contributed by atoms with Crippen molar-refractivity contribution in [1.82, 2.24) is 19.7 Å². The summed E-state index contributed by atoms with van der Waals surface area (Å²) in [7, 11) is 1.50. The summed E-state index contributed by atoms with van der Waals surface area (Å²) in [5.41, 5.74) is 3.73. The second kappa shape index (κ2) is 9.45. The van der Waals surface area contributed by atoms with Crippen molar-refractivity contribution in [2.45, 2.75) is 19.0 Å². The van der Waals surface area contributed by atoms with E-state index in [0.29, 0.717) is 31.9 Å². The van der Waals surface area contributed by atoms with Gasteiger partial charge in [-0.05, 0) is 47.5 Å². The highest BCUT2D eigenvalue weighted by atomic mass is 16.5. The first-order valence-electron chi connectivity index (χ1n) is 11.8. The SMILES string of the molecule is C=CC(=O)NCCOc1ccc2c(c1)c1c(n2Cc2ccc(C(=O)O)cc2)CN2CC1C(=O)N(C)C2=O. The molecule has 10 heteroatoms. The number of carboxylic acids is 1. The van der Waals surface area contributed by atoms with E-state index in [1.54, 1.807) is 29.2 Å². The monoisotopic (exact) mass is 502 g/mol. The number of rotatable bonds is 8. The van der Waals surface area contributed by atoms with Gasteiger partial charge in [-0.15, -0.1) is 0 Å². The summed E-state index contributed by atoms with van der Waals surface area (Å²) in [5.74, 6) is -1.41. The van der Waals surface area contributed by atoms with E-state index in [4.69, 9.17) is 4.74 Å². The van der Waals surface area contributed by atoms with Crippen LogP contribution in [0.25, 0.3) is 10.9 Å². The van der Waals surface area contributed by atoms with Crippen molar-refractivity contribution in [3.05, 3.63) is 77.5 Å². The first kappa shape index (κ1) is 24.1. The summed E-state index contributed by atoms with van der Waals surface area (Å²) in [4.78, 5) is 51.3. The van der Waals surface area contributed by atoms with E-state index in [2.05, 4.69) is 16.5 Å². The van der Waals surface area contributed by atoms with Crippen LogP contribution in [-0.4, -0.2) is 70.0 Å². The van der Waals surface area contributed by atoms with Gasteiger partial charge in [0.25, 0.3) is 0 Å². The van der Waals surface area contributed by atoms with Gasteiger partial charge in [0, 0.05) is 36.7 Å². The maximum absolute atomic E-state index is 13.1. The summed E-state index contributed by atoms with van der Waals surface area (Å²) in [6.07, 6.45) is 1.20. The lowest BCUT2D eigenvalue weighted by Gasteiger charge is -2.41. The molecule has 1 aromatic heterocycles. The summed E-state index contributed by atoms with van der Waals surface area (Å²) in [6.45, 7) is 5.12. The summed E-state index contributed by atoms with van der Waals surface area (Å²) >= 11 is 0. The summed E-state index contributed by atoms with van der Waals surface area (Å²) in [5, 5.41) is 12.8. The Balaban J connectivity index is 1.54. The van der Waals surface area contributed by atoms with Crippen LogP contribution in [0.5, 0.6) is 5.75 Å². The topological polar surface area (TPSA) is 121 Å². The zero-order valence-corrected chi connectivity index (χ0v) is 20.3. The smallest absolute Gasteiger partial charge is 0.335 e. The molecule has 2 aliphatic rings. The molecule has 0 saturated carbocycles. The maximum Gasteiger partial charge on any atom is 0.335 e. The van der Waals surface area contributed by atoms with Crippen LogP contribution in [0.3, 0.4) is 0 Å². The number of fused-ring (bicyclic) bond motifs is 6. The Kier molecular flexibility index (Phi) is 6.16. The van der Waals surface area contributed by atoms with E-state index in [0.717, 1.165) is 27.7 Å². The molecule has 5 rings (SSSR count). The predicted molar refractivity (Wildman–Crippen MR) is 134 cm³/mol. The number of nitrogens with one attached hydrogen (secondary N) is 1. The highest BCUT2D eigenvalue weighted by Crippen LogP contribution is 2.41. The van der Waals surface area contributed by atoms with Crippen LogP contribution in [-0.2, 0) is 22.7 Å². The molecule has 3 heterocycles. The Hall–Kier alpha value is -4.60. The van der Waals surface area contributed by atoms with Crippen LogP contribution in [0.4, 0.5) is 4.79 Å². The fraction of sp³-hybridized carbons (Fsp3) is 0.259. The predicted octanol–water partition coefficient (Wildman–Crippen LogP) is 2.56. The summed E-state index contributed by atoms with van der Waals surface area (Å²) in [6, 6.07) is 12.0. The van der Waals surface area contributed by atoms with Crippen LogP contribution in [0.1, 0.15) is 33.1 Å². The number of urea groups is 1. The highest BCUT2D eigenvalue weighted by Gasteiger charge is 2.44. The molecule has 0 radical (unpaired) electrons. The number of imide groups is 1. The lowest BCUT2D eigenvalue weighted by molar-refractivity contribution is -0.132.